The number of hydrogen-bond donors (Lipinski definition) is 1. The molecule has 2 atom stereocenters. The maximum atomic E-state index is 12.6. The van der Waals surface area contributed by atoms with E-state index in [0.717, 1.165) is 12.0 Å². The Morgan fingerprint density at radius 2 is 1.88 bits per heavy atom. The van der Waals surface area contributed by atoms with E-state index in [4.69, 9.17) is 4.74 Å². The van der Waals surface area contributed by atoms with E-state index in [0.29, 0.717) is 11.4 Å². The van der Waals surface area contributed by atoms with Gasteiger partial charge in [0.25, 0.3) is 5.91 Å². The standard InChI is InChI=1S/C21H24N2O3/c1-4-17(16-11-9-14(2)10-12-16)22-20(24)13-23-18-7-5-6-8-19(18)26-15(3)21(23)25/h5-12,15,17H,4,13H2,1-3H3,(H,22,24). The van der Waals surface area contributed by atoms with Crippen LogP contribution in [0.15, 0.2) is 48.5 Å². The van der Waals surface area contributed by atoms with Gasteiger partial charge in [-0.25, -0.2) is 0 Å². The molecular weight excluding hydrogens is 328 g/mol. The molecule has 0 aromatic heterocycles. The van der Waals surface area contributed by atoms with Gasteiger partial charge < -0.3 is 10.1 Å². The van der Waals surface area contributed by atoms with Crippen LogP contribution >= 0.6 is 0 Å². The third-order valence-corrected chi connectivity index (χ3v) is 4.60. The van der Waals surface area contributed by atoms with Crippen molar-refractivity contribution in [2.75, 3.05) is 11.4 Å². The Balaban J connectivity index is 1.74. The number of fused-ring (bicyclic) bond motifs is 1. The van der Waals surface area contributed by atoms with Crippen molar-refractivity contribution in [3.05, 3.63) is 59.7 Å². The van der Waals surface area contributed by atoms with Gasteiger partial charge in [-0.2, -0.15) is 0 Å². The number of hydrogen-bond acceptors (Lipinski definition) is 3. The Hall–Kier alpha value is -2.82. The van der Waals surface area contributed by atoms with Crippen molar-refractivity contribution in [1.29, 1.82) is 0 Å². The average Bonchev–Trinajstić information content (AvgIpc) is 2.64. The summed E-state index contributed by atoms with van der Waals surface area (Å²) in [6.07, 6.45) is 0.176. The second kappa shape index (κ2) is 7.60. The molecule has 0 radical (unpaired) electrons. The van der Waals surface area contributed by atoms with E-state index < -0.39 is 6.10 Å². The molecule has 0 fully saturated rings. The van der Waals surface area contributed by atoms with Crippen molar-refractivity contribution < 1.29 is 14.3 Å². The van der Waals surface area contributed by atoms with Gasteiger partial charge in [0, 0.05) is 0 Å². The summed E-state index contributed by atoms with van der Waals surface area (Å²) in [4.78, 5) is 26.6. The fraction of sp³-hybridized carbons (Fsp3) is 0.333. The molecule has 1 aliphatic rings. The molecule has 2 unspecified atom stereocenters. The Bertz CT molecular complexity index is 801. The highest BCUT2D eigenvalue weighted by molar-refractivity contribution is 6.03. The summed E-state index contributed by atoms with van der Waals surface area (Å²) in [6, 6.07) is 15.3. The number of nitrogens with zero attached hydrogens (tertiary/aromatic N) is 1. The summed E-state index contributed by atoms with van der Waals surface area (Å²) in [6.45, 7) is 5.74. The number of anilines is 1. The summed E-state index contributed by atoms with van der Waals surface area (Å²) >= 11 is 0. The molecule has 0 bridgehead atoms. The van der Waals surface area contributed by atoms with Crippen LogP contribution in [-0.2, 0) is 9.59 Å². The first kappa shape index (κ1) is 18.0. The van der Waals surface area contributed by atoms with E-state index in [1.807, 2.05) is 56.3 Å². The van der Waals surface area contributed by atoms with Crippen LogP contribution in [0.25, 0.3) is 0 Å². The molecule has 2 aromatic carbocycles. The van der Waals surface area contributed by atoms with E-state index in [9.17, 15) is 9.59 Å². The SMILES string of the molecule is CCC(NC(=O)CN1C(=O)C(C)Oc2ccccc21)c1ccc(C)cc1. The number of para-hydroxylation sites is 2. The second-order valence-electron chi connectivity index (χ2n) is 6.59. The number of amides is 2. The zero-order chi connectivity index (χ0) is 18.7. The van der Waals surface area contributed by atoms with E-state index in [1.54, 1.807) is 13.0 Å². The fourth-order valence-corrected chi connectivity index (χ4v) is 3.13. The minimum Gasteiger partial charge on any atom is -0.479 e. The molecule has 1 N–H and O–H groups in total. The minimum atomic E-state index is -0.600. The largest absolute Gasteiger partial charge is 0.479 e. The van der Waals surface area contributed by atoms with Gasteiger partial charge in [-0.15, -0.1) is 0 Å². The predicted octanol–water partition coefficient (Wildman–Crippen LogP) is 3.38. The smallest absolute Gasteiger partial charge is 0.268 e. The van der Waals surface area contributed by atoms with Gasteiger partial charge in [-0.05, 0) is 38.0 Å². The van der Waals surface area contributed by atoms with Gasteiger partial charge in [0.15, 0.2) is 6.10 Å². The molecule has 1 heterocycles. The summed E-state index contributed by atoms with van der Waals surface area (Å²) < 4.78 is 5.62. The first-order valence-corrected chi connectivity index (χ1v) is 8.92. The highest BCUT2D eigenvalue weighted by Crippen LogP contribution is 2.33. The molecule has 5 heteroatoms. The van der Waals surface area contributed by atoms with Crippen molar-refractivity contribution in [2.24, 2.45) is 0 Å². The first-order valence-electron chi connectivity index (χ1n) is 8.92. The summed E-state index contributed by atoms with van der Waals surface area (Å²) in [5, 5.41) is 3.04. The van der Waals surface area contributed by atoms with Crippen LogP contribution in [0.1, 0.15) is 37.4 Å². The van der Waals surface area contributed by atoms with Crippen molar-refractivity contribution in [2.45, 2.75) is 39.3 Å². The highest BCUT2D eigenvalue weighted by Gasteiger charge is 2.32. The number of ether oxygens (including phenoxy) is 1. The van der Waals surface area contributed by atoms with E-state index in [-0.39, 0.29) is 24.4 Å². The Morgan fingerprint density at radius 1 is 1.19 bits per heavy atom. The lowest BCUT2D eigenvalue weighted by Crippen LogP contribution is -2.49. The zero-order valence-corrected chi connectivity index (χ0v) is 15.4. The van der Waals surface area contributed by atoms with Crippen molar-refractivity contribution >= 4 is 17.5 Å². The van der Waals surface area contributed by atoms with Gasteiger partial charge in [0.2, 0.25) is 5.91 Å². The van der Waals surface area contributed by atoms with Crippen LogP contribution in [0.5, 0.6) is 5.75 Å². The van der Waals surface area contributed by atoms with E-state index in [1.165, 1.54) is 10.5 Å². The van der Waals surface area contributed by atoms with Crippen LogP contribution in [-0.4, -0.2) is 24.5 Å². The molecule has 1 aliphatic heterocycles. The molecule has 2 aromatic rings. The van der Waals surface area contributed by atoms with Gasteiger partial charge in [-0.1, -0.05) is 48.9 Å². The van der Waals surface area contributed by atoms with Gasteiger partial charge in [0.05, 0.1) is 11.7 Å². The molecule has 3 rings (SSSR count). The van der Waals surface area contributed by atoms with E-state index >= 15 is 0 Å². The molecule has 5 nitrogen and oxygen atoms in total. The molecule has 0 saturated heterocycles. The minimum absolute atomic E-state index is 0.0219. The van der Waals surface area contributed by atoms with Gasteiger partial charge in [0.1, 0.15) is 12.3 Å². The van der Waals surface area contributed by atoms with Crippen molar-refractivity contribution in [3.63, 3.8) is 0 Å². The highest BCUT2D eigenvalue weighted by atomic mass is 16.5. The molecule has 136 valence electrons. The number of carbonyl (C=O) groups excluding carboxylic acids is 2. The van der Waals surface area contributed by atoms with Crippen molar-refractivity contribution in [3.8, 4) is 5.75 Å². The van der Waals surface area contributed by atoms with Crippen LogP contribution < -0.4 is 15.0 Å². The lowest BCUT2D eigenvalue weighted by molar-refractivity contribution is -0.128. The molecule has 26 heavy (non-hydrogen) atoms. The Morgan fingerprint density at radius 3 is 2.58 bits per heavy atom. The molecule has 2 amide bonds. The number of benzene rings is 2. The molecule has 0 spiro atoms. The van der Waals surface area contributed by atoms with Gasteiger partial charge >= 0.3 is 0 Å². The third kappa shape index (κ3) is 3.72. The van der Waals surface area contributed by atoms with Crippen LogP contribution in [0.2, 0.25) is 0 Å². The van der Waals surface area contributed by atoms with E-state index in [2.05, 4.69) is 5.32 Å². The van der Waals surface area contributed by atoms with Crippen molar-refractivity contribution in [1.82, 2.24) is 5.32 Å². The van der Waals surface area contributed by atoms with Crippen LogP contribution in [0.3, 0.4) is 0 Å². The summed E-state index contributed by atoms with van der Waals surface area (Å²) in [5.74, 6) is 0.231. The molecule has 0 saturated carbocycles. The Kier molecular flexibility index (Phi) is 5.26. The third-order valence-electron chi connectivity index (χ3n) is 4.60. The maximum absolute atomic E-state index is 12.6. The van der Waals surface area contributed by atoms with Gasteiger partial charge in [-0.3, -0.25) is 14.5 Å². The Labute approximate surface area is 154 Å². The monoisotopic (exact) mass is 352 g/mol. The summed E-state index contributed by atoms with van der Waals surface area (Å²) in [7, 11) is 0. The number of rotatable bonds is 5. The lowest BCUT2D eigenvalue weighted by Gasteiger charge is -2.32. The maximum Gasteiger partial charge on any atom is 0.268 e. The fourth-order valence-electron chi connectivity index (χ4n) is 3.13. The van der Waals surface area contributed by atoms with Crippen LogP contribution in [0.4, 0.5) is 5.69 Å². The average molecular weight is 352 g/mol. The number of carbonyl (C=O) groups is 2. The predicted molar refractivity (Wildman–Crippen MR) is 101 cm³/mol. The summed E-state index contributed by atoms with van der Waals surface area (Å²) in [5.41, 5.74) is 2.88. The van der Waals surface area contributed by atoms with Crippen LogP contribution in [0, 0.1) is 6.92 Å². The zero-order valence-electron chi connectivity index (χ0n) is 15.4. The lowest BCUT2D eigenvalue weighted by atomic mass is 10.0. The molecule has 0 aliphatic carbocycles. The number of nitrogens with one attached hydrogen (secondary N) is 1. The quantitative estimate of drug-likeness (QED) is 0.897. The molecular formula is C21H24N2O3. The number of aryl methyl sites for hydroxylation is 1. The second-order valence-corrected chi connectivity index (χ2v) is 6.59. The topological polar surface area (TPSA) is 58.6 Å². The first-order chi connectivity index (χ1) is 12.5. The normalized spacial score (nSPS) is 17.3.